The lowest BCUT2D eigenvalue weighted by molar-refractivity contribution is -0.140. The number of methoxy groups -OCH3 is 1. The number of aliphatic carboxylic acids is 1. The van der Waals surface area contributed by atoms with Crippen molar-refractivity contribution in [2.45, 2.75) is 38.6 Å². The fraction of sp³-hybridized carbons (Fsp3) is 0.205. The van der Waals surface area contributed by atoms with Crippen LogP contribution in [-0.4, -0.2) is 76.5 Å². The van der Waals surface area contributed by atoms with Crippen molar-refractivity contribution >= 4 is 51.2 Å². The van der Waals surface area contributed by atoms with Gasteiger partial charge in [0.2, 0.25) is 11.7 Å². The van der Waals surface area contributed by atoms with Gasteiger partial charge < -0.3 is 30.0 Å². The minimum Gasteiger partial charge on any atom is -0.481 e. The van der Waals surface area contributed by atoms with Crippen molar-refractivity contribution in [2.24, 2.45) is 5.92 Å². The lowest BCUT2D eigenvalue weighted by atomic mass is 10.0. The van der Waals surface area contributed by atoms with Crippen LogP contribution in [0.15, 0.2) is 109 Å². The second-order valence-electron chi connectivity index (χ2n) is 13.5. The van der Waals surface area contributed by atoms with Crippen LogP contribution in [0.5, 0.6) is 11.5 Å². The van der Waals surface area contributed by atoms with Crippen molar-refractivity contribution in [3.8, 4) is 11.5 Å². The number of ether oxygens (including phenoxy) is 3. The summed E-state index contributed by atoms with van der Waals surface area (Å²) in [6.45, 7) is 2.41. The normalized spacial score (nSPS) is 12.4. The van der Waals surface area contributed by atoms with Crippen molar-refractivity contribution in [3.05, 3.63) is 144 Å². The Bertz CT molecular complexity index is 2530. The molecule has 0 fully saturated rings. The number of carbonyl (C=O) groups is 5. The Labute approximate surface area is 345 Å². The van der Waals surface area contributed by atoms with E-state index in [2.05, 4.69) is 20.6 Å². The van der Waals surface area contributed by atoms with Gasteiger partial charge in [0.25, 0.3) is 12.2 Å². The van der Waals surface area contributed by atoms with Gasteiger partial charge >= 0.3 is 5.97 Å². The predicted molar refractivity (Wildman–Crippen MR) is 213 cm³/mol. The summed E-state index contributed by atoms with van der Waals surface area (Å²) in [6.07, 6.45) is -2.32. The molecule has 4 aromatic carbocycles. The van der Waals surface area contributed by atoms with Crippen LogP contribution < -0.4 is 20.1 Å². The van der Waals surface area contributed by atoms with E-state index in [9.17, 15) is 46.6 Å². The Morgan fingerprint density at radius 2 is 1.16 bits per heavy atom. The van der Waals surface area contributed by atoms with Crippen LogP contribution in [0.4, 0.5) is 17.6 Å². The van der Waals surface area contributed by atoms with Gasteiger partial charge in [-0.15, -0.1) is 0 Å². The third-order valence-electron chi connectivity index (χ3n) is 8.85. The lowest BCUT2D eigenvalue weighted by Crippen LogP contribution is -2.54. The first-order valence-corrected chi connectivity index (χ1v) is 18.5. The molecule has 0 radical (unpaired) electrons. The molecular formula is C44H38F4N4O9. The number of halogens is 4. The van der Waals surface area contributed by atoms with E-state index < -0.39 is 101 Å². The van der Waals surface area contributed by atoms with Gasteiger partial charge in [-0.2, -0.15) is 0 Å². The van der Waals surface area contributed by atoms with Gasteiger partial charge in [0.1, 0.15) is 30.1 Å². The number of rotatable bonds is 16. The minimum absolute atomic E-state index is 0.0654. The van der Waals surface area contributed by atoms with Crippen LogP contribution in [0.3, 0.4) is 0 Å². The maximum Gasteiger partial charge on any atom is 0.305 e. The standard InChI is InChI=1S/C26H25F2N3O6.C18H13F2NO3/c1-14(2)23(31-25(35)19-11-10-15-6-3-4-9-18(15)29-19)26(36)30-20(12-22(33)34)21(32)13-37-24-16(27)7-5-8-17(24)28;1-23-18(24-17-12(19)6-4-7-13(17)20)16(22)15-10-9-11-5-2-3-8-14(11)21-15/h3-11,14,20,23H,12-13H2,1-2H3,(H,30,36)(H,31,35)(H,33,34);2-10,18H,1H3/t20-,23-;/m0./s1. The minimum atomic E-state index is -1.57. The van der Waals surface area contributed by atoms with E-state index in [0.29, 0.717) is 11.0 Å². The average molecular weight is 843 g/mol. The number of nitrogens with one attached hydrogen (secondary N) is 2. The molecule has 0 saturated carbocycles. The zero-order valence-corrected chi connectivity index (χ0v) is 32.7. The number of Topliss-reactive ketones (excluding diaryl/α,β-unsaturated/α-hetero) is 2. The van der Waals surface area contributed by atoms with Crippen molar-refractivity contribution in [1.82, 2.24) is 20.6 Å². The average Bonchev–Trinajstić information content (AvgIpc) is 3.24. The molecule has 6 aromatic rings. The summed E-state index contributed by atoms with van der Waals surface area (Å²) in [5.41, 5.74) is 1.35. The van der Waals surface area contributed by atoms with E-state index in [1.807, 2.05) is 24.3 Å². The number of hydrogen-bond donors (Lipinski definition) is 3. The molecule has 3 atom stereocenters. The number of amides is 2. The van der Waals surface area contributed by atoms with Crippen molar-refractivity contribution in [1.29, 1.82) is 0 Å². The molecule has 1 unspecified atom stereocenters. The van der Waals surface area contributed by atoms with Crippen LogP contribution >= 0.6 is 0 Å². The molecule has 0 bridgehead atoms. The molecule has 17 heteroatoms. The number of nitrogens with zero attached hydrogens (tertiary/aromatic N) is 2. The predicted octanol–water partition coefficient (Wildman–Crippen LogP) is 6.62. The molecule has 316 valence electrons. The fourth-order valence-corrected chi connectivity index (χ4v) is 5.72. The molecular weight excluding hydrogens is 804 g/mol. The summed E-state index contributed by atoms with van der Waals surface area (Å²) < 4.78 is 69.9. The highest BCUT2D eigenvalue weighted by Crippen LogP contribution is 2.24. The van der Waals surface area contributed by atoms with Gasteiger partial charge in [0.05, 0.1) is 17.5 Å². The zero-order valence-electron chi connectivity index (χ0n) is 32.7. The monoisotopic (exact) mass is 842 g/mol. The summed E-state index contributed by atoms with van der Waals surface area (Å²) >= 11 is 0. The zero-order chi connectivity index (χ0) is 44.2. The number of pyridine rings is 2. The van der Waals surface area contributed by atoms with Crippen LogP contribution in [0.1, 0.15) is 41.2 Å². The Hall–Kier alpha value is -7.27. The maximum absolute atomic E-state index is 13.8. The summed E-state index contributed by atoms with van der Waals surface area (Å²) in [4.78, 5) is 70.8. The topological polar surface area (TPSA) is 183 Å². The summed E-state index contributed by atoms with van der Waals surface area (Å²) in [6, 6.07) is 24.4. The van der Waals surface area contributed by atoms with Gasteiger partial charge in [-0.3, -0.25) is 24.0 Å². The summed E-state index contributed by atoms with van der Waals surface area (Å²) in [5, 5.41) is 15.8. The number of carbonyl (C=O) groups excluding carboxylic acids is 4. The lowest BCUT2D eigenvalue weighted by Gasteiger charge is -2.24. The van der Waals surface area contributed by atoms with Gasteiger partial charge in [0.15, 0.2) is 40.6 Å². The number of benzene rings is 4. The van der Waals surface area contributed by atoms with E-state index in [0.717, 1.165) is 41.1 Å². The number of para-hydroxylation sites is 4. The maximum atomic E-state index is 13.8. The number of aromatic nitrogens is 2. The SMILES string of the molecule is CC(C)[C@H](NC(=O)c1ccc2ccccc2n1)C(=O)N[C@@H](CC(=O)O)C(=O)COc1c(F)cccc1F.COC(Oc1c(F)cccc1F)C(=O)c1ccc2ccccc2n1. The molecule has 2 heterocycles. The van der Waals surface area contributed by atoms with Crippen LogP contribution in [0.25, 0.3) is 21.8 Å². The molecule has 2 aromatic heterocycles. The largest absolute Gasteiger partial charge is 0.481 e. The number of hydrogen-bond acceptors (Lipinski definition) is 10. The van der Waals surface area contributed by atoms with Crippen molar-refractivity contribution in [2.75, 3.05) is 13.7 Å². The van der Waals surface area contributed by atoms with Gasteiger partial charge in [0, 0.05) is 17.9 Å². The van der Waals surface area contributed by atoms with Gasteiger partial charge in [-0.25, -0.2) is 27.5 Å². The third kappa shape index (κ3) is 11.7. The molecule has 0 aliphatic heterocycles. The van der Waals surface area contributed by atoms with Crippen molar-refractivity contribution in [3.63, 3.8) is 0 Å². The highest BCUT2D eigenvalue weighted by atomic mass is 19.1. The molecule has 0 aliphatic carbocycles. The van der Waals surface area contributed by atoms with Crippen LogP contribution in [0, 0.1) is 29.2 Å². The first kappa shape index (κ1) is 44.8. The number of carboxylic acids is 1. The molecule has 13 nitrogen and oxygen atoms in total. The van der Waals surface area contributed by atoms with E-state index >= 15 is 0 Å². The second kappa shape index (κ2) is 20.6. The number of carboxylic acid groups (broad SMARTS) is 1. The quantitative estimate of drug-likeness (QED) is 0.0541. The molecule has 6 rings (SSSR count). The van der Waals surface area contributed by atoms with Crippen LogP contribution in [0.2, 0.25) is 0 Å². The Morgan fingerprint density at radius 3 is 1.69 bits per heavy atom. The van der Waals surface area contributed by atoms with E-state index in [4.69, 9.17) is 14.2 Å². The number of fused-ring (bicyclic) bond motifs is 2. The Kier molecular flexibility index (Phi) is 15.2. The van der Waals surface area contributed by atoms with Crippen molar-refractivity contribution < 1.29 is 60.9 Å². The number of ketones is 2. The highest BCUT2D eigenvalue weighted by Gasteiger charge is 2.31. The van der Waals surface area contributed by atoms with E-state index in [1.54, 1.807) is 50.2 Å². The second-order valence-corrected chi connectivity index (χ2v) is 13.5. The van der Waals surface area contributed by atoms with E-state index in [1.165, 1.54) is 25.3 Å². The Balaban J connectivity index is 0.000000252. The van der Waals surface area contributed by atoms with Gasteiger partial charge in [-0.1, -0.05) is 74.5 Å². The van der Waals surface area contributed by atoms with E-state index in [-0.39, 0.29) is 11.4 Å². The molecule has 2 amide bonds. The Morgan fingerprint density at radius 1 is 0.656 bits per heavy atom. The molecule has 0 saturated heterocycles. The smallest absolute Gasteiger partial charge is 0.305 e. The molecule has 0 aliphatic rings. The highest BCUT2D eigenvalue weighted by molar-refractivity contribution is 6.00. The molecule has 61 heavy (non-hydrogen) atoms. The first-order valence-electron chi connectivity index (χ1n) is 18.5. The fourth-order valence-electron chi connectivity index (χ4n) is 5.72. The summed E-state index contributed by atoms with van der Waals surface area (Å²) in [5.74, 6) is -10.3. The summed E-state index contributed by atoms with van der Waals surface area (Å²) in [7, 11) is 1.21. The first-order chi connectivity index (χ1) is 29.2. The van der Waals surface area contributed by atoms with Gasteiger partial charge in [-0.05, 0) is 54.4 Å². The third-order valence-corrected chi connectivity index (χ3v) is 8.85. The van der Waals surface area contributed by atoms with Crippen LogP contribution in [-0.2, 0) is 19.1 Å². The molecule has 0 spiro atoms. The molecule has 3 N–H and O–H groups in total.